The Morgan fingerprint density at radius 2 is 1.70 bits per heavy atom. The highest BCUT2D eigenvalue weighted by Gasteiger charge is 2.55. The summed E-state index contributed by atoms with van der Waals surface area (Å²) in [5, 5.41) is 12.7. The molecule has 4 atom stereocenters. The lowest BCUT2D eigenvalue weighted by molar-refractivity contribution is -0.274. The van der Waals surface area contributed by atoms with Gasteiger partial charge in [-0.3, -0.25) is 9.69 Å². The molecule has 0 aromatic heterocycles. The average Bonchev–Trinajstić information content (AvgIpc) is 3.31. The molecule has 0 amide bonds. The number of nitriles is 1. The zero-order valence-corrected chi connectivity index (χ0v) is 20.5. The van der Waals surface area contributed by atoms with Crippen molar-refractivity contribution >= 4 is 5.97 Å². The lowest BCUT2D eigenvalue weighted by atomic mass is 10.0. The summed E-state index contributed by atoms with van der Waals surface area (Å²) in [6.45, 7) is 5.83. The molecule has 0 bridgehead atoms. The molecule has 1 N–H and O–H groups in total. The van der Waals surface area contributed by atoms with Crippen LogP contribution in [0.25, 0.3) is 0 Å². The minimum Gasteiger partial charge on any atom is -0.492 e. The topological polar surface area (TPSA) is 83.8 Å². The van der Waals surface area contributed by atoms with E-state index in [2.05, 4.69) is 15.0 Å². The van der Waals surface area contributed by atoms with E-state index in [0.29, 0.717) is 37.5 Å². The molecular weight excluding hydrogens is 487 g/mol. The van der Waals surface area contributed by atoms with Gasteiger partial charge in [-0.2, -0.15) is 5.26 Å². The van der Waals surface area contributed by atoms with Crippen LogP contribution in [-0.2, 0) is 22.5 Å². The number of benzene rings is 2. The molecule has 4 rings (SSSR count). The predicted octanol–water partition coefficient (Wildman–Crippen LogP) is 3.93. The van der Waals surface area contributed by atoms with Gasteiger partial charge in [0.25, 0.3) is 0 Å². The molecule has 2 aromatic rings. The van der Waals surface area contributed by atoms with Crippen molar-refractivity contribution in [2.45, 2.75) is 32.3 Å². The zero-order valence-electron chi connectivity index (χ0n) is 20.5. The Labute approximate surface area is 214 Å². The quantitative estimate of drug-likeness (QED) is 0.337. The average molecular weight is 518 g/mol. The first-order chi connectivity index (χ1) is 17.8. The number of halogens is 3. The number of fused-ring (bicyclic) bond motifs is 1. The smallest absolute Gasteiger partial charge is 0.492 e. The van der Waals surface area contributed by atoms with Crippen LogP contribution < -0.4 is 14.8 Å². The van der Waals surface area contributed by atoms with Crippen LogP contribution in [0.3, 0.4) is 0 Å². The number of piperidine rings is 1. The van der Waals surface area contributed by atoms with Gasteiger partial charge in [-0.15, -0.1) is 13.2 Å². The van der Waals surface area contributed by atoms with Crippen LogP contribution in [0.15, 0.2) is 48.5 Å². The summed E-state index contributed by atoms with van der Waals surface area (Å²) < 4.78 is 51.5. The largest absolute Gasteiger partial charge is 0.573 e. The highest BCUT2D eigenvalue weighted by Crippen LogP contribution is 2.45. The maximum atomic E-state index is 12.3. The summed E-state index contributed by atoms with van der Waals surface area (Å²) in [5.41, 5.74) is 1.83. The van der Waals surface area contributed by atoms with E-state index in [1.54, 1.807) is 19.1 Å². The van der Waals surface area contributed by atoms with Crippen LogP contribution in [0.5, 0.6) is 11.5 Å². The van der Waals surface area contributed by atoms with Gasteiger partial charge in [0.15, 0.2) is 0 Å². The van der Waals surface area contributed by atoms with E-state index in [0.717, 1.165) is 36.5 Å². The summed E-state index contributed by atoms with van der Waals surface area (Å²) in [7, 11) is 0. The number of rotatable bonds is 12. The second-order valence-corrected chi connectivity index (χ2v) is 9.32. The summed E-state index contributed by atoms with van der Waals surface area (Å²) in [4.78, 5) is 14.1. The van der Waals surface area contributed by atoms with E-state index in [1.807, 2.05) is 30.3 Å². The second kappa shape index (κ2) is 11.8. The van der Waals surface area contributed by atoms with Gasteiger partial charge in [0.05, 0.1) is 12.7 Å². The van der Waals surface area contributed by atoms with Gasteiger partial charge >= 0.3 is 12.3 Å². The number of hydrogen-bond acceptors (Lipinski definition) is 7. The van der Waals surface area contributed by atoms with Crippen LogP contribution in [0.1, 0.15) is 18.1 Å². The highest BCUT2D eigenvalue weighted by molar-refractivity contribution is 5.75. The molecular formula is C27H30F3N3O4. The van der Waals surface area contributed by atoms with Crippen LogP contribution in [0.2, 0.25) is 0 Å². The summed E-state index contributed by atoms with van der Waals surface area (Å²) in [5.74, 6) is 0.369. The Morgan fingerprint density at radius 1 is 1.08 bits per heavy atom. The number of nitrogens with zero attached hydrogens (tertiary/aromatic N) is 2. The van der Waals surface area contributed by atoms with Gasteiger partial charge < -0.3 is 19.5 Å². The summed E-state index contributed by atoms with van der Waals surface area (Å²) in [6, 6.07) is 15.9. The van der Waals surface area contributed by atoms with Crippen LogP contribution in [0.4, 0.5) is 13.2 Å². The van der Waals surface area contributed by atoms with Gasteiger partial charge in [-0.1, -0.05) is 24.3 Å². The van der Waals surface area contributed by atoms with Gasteiger partial charge in [0.2, 0.25) is 0 Å². The molecule has 10 heteroatoms. The summed E-state index contributed by atoms with van der Waals surface area (Å²) in [6.07, 6.45) is -4.37. The molecule has 1 aliphatic carbocycles. The Kier molecular flexibility index (Phi) is 8.56. The molecule has 2 aliphatic rings. The predicted molar refractivity (Wildman–Crippen MR) is 129 cm³/mol. The minimum atomic E-state index is -4.68. The fraction of sp³-hybridized carbons (Fsp3) is 0.481. The Morgan fingerprint density at radius 3 is 2.30 bits per heavy atom. The number of likely N-dealkylation sites (tertiary alicyclic amines) is 1. The maximum Gasteiger partial charge on any atom is 0.573 e. The number of hydrogen-bond donors (Lipinski definition) is 1. The summed E-state index contributed by atoms with van der Waals surface area (Å²) >= 11 is 0. The third-order valence-corrected chi connectivity index (χ3v) is 6.67. The molecule has 1 saturated heterocycles. The minimum absolute atomic E-state index is 0.204. The zero-order chi connectivity index (χ0) is 26.4. The van der Waals surface area contributed by atoms with E-state index in [-0.39, 0.29) is 12.4 Å². The van der Waals surface area contributed by atoms with Crippen LogP contribution in [0, 0.1) is 29.1 Å². The lowest BCUT2D eigenvalue weighted by Crippen LogP contribution is -2.33. The molecule has 198 valence electrons. The van der Waals surface area contributed by atoms with Crippen molar-refractivity contribution in [1.82, 2.24) is 10.2 Å². The number of ether oxygens (including phenoxy) is 3. The molecule has 0 spiro atoms. The van der Waals surface area contributed by atoms with E-state index < -0.39 is 18.2 Å². The molecule has 1 aliphatic heterocycles. The van der Waals surface area contributed by atoms with E-state index in [4.69, 9.17) is 9.47 Å². The van der Waals surface area contributed by atoms with Crippen molar-refractivity contribution in [3.63, 3.8) is 0 Å². The normalized spacial score (nSPS) is 21.5. The van der Waals surface area contributed by atoms with Crippen molar-refractivity contribution < 1.29 is 32.2 Å². The van der Waals surface area contributed by atoms with Gasteiger partial charge in [-0.25, -0.2) is 0 Å². The van der Waals surface area contributed by atoms with Crippen molar-refractivity contribution in [1.29, 1.82) is 5.26 Å². The fourth-order valence-electron chi connectivity index (χ4n) is 4.88. The maximum absolute atomic E-state index is 12.3. The standard InChI is InChI=1S/C27H30F3N3O4/c1-2-35-26(34)20(14-31)13-18-3-7-21(8-4-18)36-12-11-32-25-23-16-33(17-24(23)25)15-19-5-9-22(10-6-19)37-27(28,29)30/h3-10,20,23-25,32H,2,11-13,15-17H2,1H3/t20-,23-,24?,25+/m0/s1. The molecule has 1 heterocycles. The van der Waals surface area contributed by atoms with Gasteiger partial charge in [0.1, 0.15) is 24.0 Å². The Hall–Kier alpha value is -3.29. The fourth-order valence-corrected chi connectivity index (χ4v) is 4.88. The first kappa shape index (κ1) is 26.8. The number of esters is 1. The van der Waals surface area contributed by atoms with Crippen LogP contribution in [-0.4, -0.2) is 56.1 Å². The van der Waals surface area contributed by atoms with E-state index in [1.165, 1.54) is 12.1 Å². The Bertz CT molecular complexity index is 1070. The van der Waals surface area contributed by atoms with E-state index in [9.17, 15) is 23.2 Å². The van der Waals surface area contributed by atoms with E-state index >= 15 is 0 Å². The number of carbonyl (C=O) groups is 1. The highest BCUT2D eigenvalue weighted by atomic mass is 19.4. The van der Waals surface area contributed by atoms with Crippen molar-refractivity contribution in [2.24, 2.45) is 17.8 Å². The molecule has 1 saturated carbocycles. The first-order valence-electron chi connectivity index (χ1n) is 12.3. The molecule has 0 radical (unpaired) electrons. The first-order valence-corrected chi connectivity index (χ1v) is 12.3. The molecule has 37 heavy (non-hydrogen) atoms. The van der Waals surface area contributed by atoms with Gasteiger partial charge in [0, 0.05) is 32.2 Å². The molecule has 7 nitrogen and oxygen atoms in total. The third kappa shape index (κ3) is 7.60. The third-order valence-electron chi connectivity index (χ3n) is 6.67. The van der Waals surface area contributed by atoms with Crippen molar-refractivity contribution in [2.75, 3.05) is 32.8 Å². The molecule has 2 aromatic carbocycles. The SMILES string of the molecule is CCOC(=O)[C@H](C#N)Cc1ccc(OCCN[C@H]2C3CN(Cc4ccc(OC(F)(F)F)cc4)C[C@@H]32)cc1. The lowest BCUT2D eigenvalue weighted by Gasteiger charge is -2.20. The molecule has 1 unspecified atom stereocenters. The molecule has 2 fully saturated rings. The van der Waals surface area contributed by atoms with Crippen molar-refractivity contribution in [3.8, 4) is 17.6 Å². The van der Waals surface area contributed by atoms with Crippen molar-refractivity contribution in [3.05, 3.63) is 59.7 Å². The number of carbonyl (C=O) groups excluding carboxylic acids is 1. The Balaban J connectivity index is 1.11. The number of alkyl halides is 3. The monoisotopic (exact) mass is 517 g/mol. The second-order valence-electron chi connectivity index (χ2n) is 9.32. The van der Waals surface area contributed by atoms with Crippen LogP contribution >= 0.6 is 0 Å². The number of nitrogens with one attached hydrogen (secondary N) is 1. The van der Waals surface area contributed by atoms with Gasteiger partial charge in [-0.05, 0) is 60.6 Å².